The van der Waals surface area contributed by atoms with Gasteiger partial charge >= 0.3 is 0 Å². The number of aromatic nitrogens is 1. The molecule has 4 atom stereocenters. The summed E-state index contributed by atoms with van der Waals surface area (Å²) in [4.78, 5) is 30.2. The van der Waals surface area contributed by atoms with Crippen LogP contribution < -0.4 is 0 Å². The quantitative estimate of drug-likeness (QED) is 0.711. The number of likely N-dealkylation sites (tertiary alicyclic amines) is 1. The van der Waals surface area contributed by atoms with E-state index >= 15 is 0 Å². The predicted octanol–water partition coefficient (Wildman–Crippen LogP) is 2.23. The molecular weight excluding hydrogens is 382 g/mol. The molecule has 5 rings (SSSR count). The molecule has 7 heteroatoms. The van der Waals surface area contributed by atoms with Gasteiger partial charge in [0.1, 0.15) is 17.6 Å². The summed E-state index contributed by atoms with van der Waals surface area (Å²) in [5.74, 6) is -1.09. The number of fused-ring (bicyclic) bond motifs is 1. The standard InChI is InChI=1S/C23H25N3O4/c1-14-4-5-15(2)16(10-14)11-26-13-23-8-6-18(30-23)19(20(23)22(26)28)21(27)25(3)12-17-7-9-29-24-17/h4-10,18-20H,11-13H2,1-3H3/t18-,19?,20?,23-/m1/s1. The van der Waals surface area contributed by atoms with Crippen LogP contribution in [0.2, 0.25) is 0 Å². The molecule has 0 saturated carbocycles. The van der Waals surface area contributed by atoms with Gasteiger partial charge in [-0.3, -0.25) is 9.59 Å². The number of benzene rings is 1. The number of rotatable bonds is 5. The fourth-order valence-corrected chi connectivity index (χ4v) is 5.06. The first kappa shape index (κ1) is 19.1. The van der Waals surface area contributed by atoms with Crippen LogP contribution in [0.1, 0.15) is 22.4 Å². The van der Waals surface area contributed by atoms with E-state index in [1.54, 1.807) is 18.0 Å². The molecule has 2 aromatic rings. The van der Waals surface area contributed by atoms with Gasteiger partial charge in [0, 0.05) is 19.7 Å². The van der Waals surface area contributed by atoms with E-state index in [9.17, 15) is 9.59 Å². The van der Waals surface area contributed by atoms with E-state index in [2.05, 4.69) is 37.2 Å². The Labute approximate surface area is 175 Å². The summed E-state index contributed by atoms with van der Waals surface area (Å²) in [6, 6.07) is 8.01. The molecule has 3 aliphatic rings. The minimum atomic E-state index is -0.700. The van der Waals surface area contributed by atoms with Crippen LogP contribution in [0.4, 0.5) is 0 Å². The molecule has 156 valence electrons. The van der Waals surface area contributed by atoms with Gasteiger partial charge in [0.25, 0.3) is 0 Å². The number of amides is 2. The minimum absolute atomic E-state index is 0.00376. The minimum Gasteiger partial charge on any atom is -0.364 e. The van der Waals surface area contributed by atoms with Gasteiger partial charge in [-0.25, -0.2) is 0 Å². The van der Waals surface area contributed by atoms with Crippen molar-refractivity contribution in [1.82, 2.24) is 15.0 Å². The summed E-state index contributed by atoms with van der Waals surface area (Å²) in [5.41, 5.74) is 3.43. The van der Waals surface area contributed by atoms with E-state index in [1.807, 2.05) is 17.1 Å². The molecule has 0 aliphatic carbocycles. The maximum atomic E-state index is 13.4. The Morgan fingerprint density at radius 3 is 2.93 bits per heavy atom. The molecular formula is C23H25N3O4. The SMILES string of the molecule is Cc1ccc(C)c(CN2C[C@@]34C=C[C@@H](O3)C(C(=O)N(C)Cc3ccon3)C4C2=O)c1. The Hall–Kier alpha value is -2.93. The second-order valence-corrected chi connectivity index (χ2v) is 8.71. The molecule has 1 aromatic carbocycles. The van der Waals surface area contributed by atoms with E-state index in [-0.39, 0.29) is 17.9 Å². The second-order valence-electron chi connectivity index (χ2n) is 8.71. The molecule has 2 saturated heterocycles. The first-order chi connectivity index (χ1) is 14.4. The number of carbonyl (C=O) groups is 2. The largest absolute Gasteiger partial charge is 0.364 e. The van der Waals surface area contributed by atoms with Crippen molar-refractivity contribution in [3.63, 3.8) is 0 Å². The zero-order chi connectivity index (χ0) is 21.0. The number of aryl methyl sites for hydroxylation is 2. The van der Waals surface area contributed by atoms with Crippen molar-refractivity contribution in [3.8, 4) is 0 Å². The van der Waals surface area contributed by atoms with Crippen molar-refractivity contribution < 1.29 is 18.8 Å². The van der Waals surface area contributed by atoms with Crippen molar-refractivity contribution in [2.75, 3.05) is 13.6 Å². The Balaban J connectivity index is 1.38. The number of hydrogen-bond donors (Lipinski definition) is 0. The average Bonchev–Trinajstić information content (AvgIpc) is 3.47. The Bertz CT molecular complexity index is 1030. The van der Waals surface area contributed by atoms with E-state index in [0.29, 0.717) is 25.3 Å². The third kappa shape index (κ3) is 2.88. The summed E-state index contributed by atoms with van der Waals surface area (Å²) < 4.78 is 11.1. The van der Waals surface area contributed by atoms with Gasteiger partial charge in [-0.2, -0.15) is 0 Å². The molecule has 2 bridgehead atoms. The summed E-state index contributed by atoms with van der Waals surface area (Å²) in [5, 5.41) is 3.88. The predicted molar refractivity (Wildman–Crippen MR) is 108 cm³/mol. The molecule has 2 fully saturated rings. The molecule has 2 unspecified atom stereocenters. The zero-order valence-corrected chi connectivity index (χ0v) is 17.4. The highest BCUT2D eigenvalue weighted by Gasteiger charge is 2.67. The number of ether oxygens (including phenoxy) is 1. The van der Waals surface area contributed by atoms with Crippen molar-refractivity contribution in [3.05, 3.63) is 65.1 Å². The molecule has 7 nitrogen and oxygen atoms in total. The van der Waals surface area contributed by atoms with Gasteiger partial charge in [-0.05, 0) is 25.0 Å². The molecule has 1 aromatic heterocycles. The first-order valence-corrected chi connectivity index (χ1v) is 10.2. The van der Waals surface area contributed by atoms with Crippen LogP contribution in [0.3, 0.4) is 0 Å². The Morgan fingerprint density at radius 2 is 2.17 bits per heavy atom. The normalized spacial score (nSPS) is 29.0. The summed E-state index contributed by atoms with van der Waals surface area (Å²) in [7, 11) is 1.73. The maximum absolute atomic E-state index is 13.4. The molecule has 0 N–H and O–H groups in total. The van der Waals surface area contributed by atoms with Gasteiger partial charge in [0.2, 0.25) is 11.8 Å². The summed E-state index contributed by atoms with van der Waals surface area (Å²) in [6.07, 6.45) is 5.06. The molecule has 1 spiro atoms. The molecule has 3 aliphatic heterocycles. The lowest BCUT2D eigenvalue weighted by Crippen LogP contribution is -2.44. The van der Waals surface area contributed by atoms with E-state index < -0.39 is 17.4 Å². The maximum Gasteiger partial charge on any atom is 0.230 e. The lowest BCUT2D eigenvalue weighted by Gasteiger charge is -2.27. The van der Waals surface area contributed by atoms with Crippen LogP contribution in [0.15, 0.2) is 47.2 Å². The second kappa shape index (κ2) is 6.80. The van der Waals surface area contributed by atoms with Crippen LogP contribution >= 0.6 is 0 Å². The van der Waals surface area contributed by atoms with E-state index in [1.165, 1.54) is 11.8 Å². The fourth-order valence-electron chi connectivity index (χ4n) is 5.06. The van der Waals surface area contributed by atoms with Gasteiger partial charge in [-0.15, -0.1) is 0 Å². The number of nitrogens with zero attached hydrogens (tertiary/aromatic N) is 3. The molecule has 2 amide bonds. The highest BCUT2D eigenvalue weighted by Crippen LogP contribution is 2.52. The topological polar surface area (TPSA) is 75.9 Å². The van der Waals surface area contributed by atoms with Gasteiger partial charge in [0.15, 0.2) is 0 Å². The van der Waals surface area contributed by atoms with Gasteiger partial charge < -0.3 is 19.1 Å². The van der Waals surface area contributed by atoms with Crippen molar-refractivity contribution in [2.24, 2.45) is 11.8 Å². The van der Waals surface area contributed by atoms with Gasteiger partial charge in [0.05, 0.1) is 31.0 Å². The summed E-state index contributed by atoms with van der Waals surface area (Å²) in [6.45, 7) is 5.45. The van der Waals surface area contributed by atoms with Crippen LogP contribution in [0.25, 0.3) is 0 Å². The van der Waals surface area contributed by atoms with E-state index in [4.69, 9.17) is 9.26 Å². The molecule has 30 heavy (non-hydrogen) atoms. The van der Waals surface area contributed by atoms with Crippen molar-refractivity contribution in [1.29, 1.82) is 0 Å². The van der Waals surface area contributed by atoms with E-state index in [0.717, 1.165) is 11.1 Å². The molecule has 0 radical (unpaired) electrons. The highest BCUT2D eigenvalue weighted by molar-refractivity contribution is 5.93. The highest BCUT2D eigenvalue weighted by atomic mass is 16.5. The Morgan fingerprint density at radius 1 is 1.33 bits per heavy atom. The zero-order valence-electron chi connectivity index (χ0n) is 17.4. The number of hydrogen-bond acceptors (Lipinski definition) is 5. The number of carbonyl (C=O) groups excluding carboxylic acids is 2. The van der Waals surface area contributed by atoms with Crippen LogP contribution in [-0.4, -0.2) is 52.1 Å². The lowest BCUT2D eigenvalue weighted by molar-refractivity contribution is -0.143. The average molecular weight is 407 g/mol. The first-order valence-electron chi connectivity index (χ1n) is 10.2. The summed E-state index contributed by atoms with van der Waals surface area (Å²) >= 11 is 0. The van der Waals surface area contributed by atoms with Crippen LogP contribution in [0, 0.1) is 25.7 Å². The van der Waals surface area contributed by atoms with Gasteiger partial charge in [-0.1, -0.05) is 41.1 Å². The van der Waals surface area contributed by atoms with Crippen molar-refractivity contribution in [2.45, 2.75) is 38.6 Å². The Kier molecular flexibility index (Phi) is 4.32. The lowest BCUT2D eigenvalue weighted by atomic mass is 9.76. The van der Waals surface area contributed by atoms with Crippen LogP contribution in [0.5, 0.6) is 0 Å². The smallest absolute Gasteiger partial charge is 0.230 e. The van der Waals surface area contributed by atoms with Crippen molar-refractivity contribution >= 4 is 11.8 Å². The fraction of sp³-hybridized carbons (Fsp3) is 0.435. The monoisotopic (exact) mass is 407 g/mol. The third-order valence-electron chi connectivity index (χ3n) is 6.60. The van der Waals surface area contributed by atoms with Crippen LogP contribution in [-0.2, 0) is 27.4 Å². The third-order valence-corrected chi connectivity index (χ3v) is 6.60. The molecule has 4 heterocycles.